The molecule has 1 aliphatic heterocycles. The highest BCUT2D eigenvalue weighted by Crippen LogP contribution is 2.37. The van der Waals surface area contributed by atoms with Gasteiger partial charge < -0.3 is 34.2 Å². The predicted molar refractivity (Wildman–Crippen MR) is 283 cm³/mol. The molecule has 390 valence electrons. The summed E-state index contributed by atoms with van der Waals surface area (Å²) in [4.78, 5) is 115. The van der Waals surface area contributed by atoms with Crippen LogP contribution in [0.25, 0.3) is 0 Å². The first-order valence-corrected chi connectivity index (χ1v) is 26.2. The summed E-state index contributed by atoms with van der Waals surface area (Å²) < 4.78 is 27.7. The third-order valence-electron chi connectivity index (χ3n) is 12.7. The van der Waals surface area contributed by atoms with Crippen molar-refractivity contribution in [3.63, 3.8) is 0 Å². The average molecular weight is 1050 g/mol. The van der Waals surface area contributed by atoms with Crippen LogP contribution in [0.4, 0.5) is 5.82 Å². The van der Waals surface area contributed by atoms with Crippen LogP contribution in [0.15, 0.2) is 191 Å². The Morgan fingerprint density at radius 3 is 1.74 bits per heavy atom. The number of hydrogen-bond acceptors (Lipinski definition) is 13. The van der Waals surface area contributed by atoms with E-state index in [1.165, 1.54) is 47.6 Å². The maximum atomic E-state index is 14.3. The Kier molecular flexibility index (Phi) is 16.9. The molecular weight excluding hydrogens is 991 g/mol. The summed E-state index contributed by atoms with van der Waals surface area (Å²) in [5.41, 5.74) is -1.85. The molecule has 4 atom stereocenters. The normalized spacial score (nSPS) is 16.2. The maximum absolute atomic E-state index is 14.3. The molecule has 0 radical (unpaired) electrons. The number of aromatic nitrogens is 4. The molecule has 19 nitrogen and oxygen atoms in total. The Bertz CT molecular complexity index is 3300. The van der Waals surface area contributed by atoms with E-state index in [-0.39, 0.29) is 30.1 Å². The number of esters is 2. The van der Waals surface area contributed by atoms with E-state index in [4.69, 9.17) is 18.6 Å². The fraction of sp³-hybridized carbons (Fsp3) is 0.232. The highest BCUT2D eigenvalue weighted by atomic mass is 28.4. The largest absolute Gasteiger partial charge is 0.452 e. The second-order valence-corrected chi connectivity index (χ2v) is 23.0. The van der Waals surface area contributed by atoms with Gasteiger partial charge in [0.15, 0.2) is 18.4 Å². The Morgan fingerprint density at radius 2 is 1.21 bits per heavy atom. The van der Waals surface area contributed by atoms with E-state index in [0.717, 1.165) is 25.6 Å². The second kappa shape index (κ2) is 24.0. The fourth-order valence-electron chi connectivity index (χ4n) is 8.97. The van der Waals surface area contributed by atoms with Crippen LogP contribution in [-0.2, 0) is 34.8 Å². The Morgan fingerprint density at radius 1 is 0.684 bits per heavy atom. The average Bonchev–Trinajstić information content (AvgIpc) is 3.77. The Balaban J connectivity index is 1.08. The first-order chi connectivity index (χ1) is 36.6. The van der Waals surface area contributed by atoms with Gasteiger partial charge in [0, 0.05) is 37.1 Å². The molecule has 1 aliphatic rings. The van der Waals surface area contributed by atoms with Gasteiger partial charge in [0.25, 0.3) is 19.8 Å². The summed E-state index contributed by atoms with van der Waals surface area (Å²) in [5, 5.41) is 6.89. The minimum absolute atomic E-state index is 0.0380. The summed E-state index contributed by atoms with van der Waals surface area (Å²) in [5.74, 6) is -3.70. The number of hydrogen-bond donors (Lipinski definition) is 3. The van der Waals surface area contributed by atoms with Crippen molar-refractivity contribution >= 4 is 54.2 Å². The number of carbonyl (C=O) groups is 5. The van der Waals surface area contributed by atoms with Crippen molar-refractivity contribution in [2.24, 2.45) is 0 Å². The zero-order valence-electron chi connectivity index (χ0n) is 41.8. The molecule has 0 bridgehead atoms. The van der Waals surface area contributed by atoms with Crippen LogP contribution in [0.1, 0.15) is 58.1 Å². The number of H-pyrrole nitrogens is 1. The van der Waals surface area contributed by atoms with Crippen molar-refractivity contribution in [3.05, 3.63) is 224 Å². The lowest BCUT2D eigenvalue weighted by Crippen LogP contribution is -2.67. The lowest BCUT2D eigenvalue weighted by molar-refractivity contribution is -0.137. The number of nitrogens with zero attached hydrogens (tertiary/aromatic N) is 4. The van der Waals surface area contributed by atoms with E-state index in [0.29, 0.717) is 5.56 Å². The van der Waals surface area contributed by atoms with Crippen molar-refractivity contribution < 1.29 is 42.6 Å². The van der Waals surface area contributed by atoms with Gasteiger partial charge in [-0.3, -0.25) is 33.3 Å². The van der Waals surface area contributed by atoms with E-state index < -0.39 is 104 Å². The van der Waals surface area contributed by atoms with E-state index in [1.54, 1.807) is 66.7 Å². The van der Waals surface area contributed by atoms with Crippen molar-refractivity contribution in [2.45, 2.75) is 56.9 Å². The molecule has 2 aromatic heterocycles. The Labute approximate surface area is 437 Å². The van der Waals surface area contributed by atoms with E-state index >= 15 is 0 Å². The molecule has 5 aromatic carbocycles. The lowest BCUT2D eigenvalue weighted by atomic mass is 10.1. The van der Waals surface area contributed by atoms with Crippen molar-refractivity contribution in [1.29, 1.82) is 0 Å². The number of aromatic amines is 1. The van der Waals surface area contributed by atoms with Gasteiger partial charge in [0.2, 0.25) is 11.8 Å². The molecule has 0 spiro atoms. The summed E-state index contributed by atoms with van der Waals surface area (Å²) in [6.07, 6.45) is -3.42. The highest BCUT2D eigenvalue weighted by molar-refractivity contribution is 6.99. The molecule has 3 amide bonds. The molecule has 3 heterocycles. The van der Waals surface area contributed by atoms with Gasteiger partial charge in [0.05, 0.1) is 24.3 Å². The van der Waals surface area contributed by atoms with Crippen molar-refractivity contribution in [2.75, 3.05) is 31.6 Å². The summed E-state index contributed by atoms with van der Waals surface area (Å²) in [6.45, 7) is 4.60. The number of nitrogens with one attached hydrogen (secondary N) is 3. The van der Waals surface area contributed by atoms with Crippen LogP contribution < -0.4 is 37.9 Å². The first kappa shape index (κ1) is 53.4. The third kappa shape index (κ3) is 12.6. The maximum Gasteiger partial charge on any atom is 0.351 e. The van der Waals surface area contributed by atoms with Gasteiger partial charge >= 0.3 is 23.3 Å². The van der Waals surface area contributed by atoms with E-state index in [9.17, 15) is 38.4 Å². The molecule has 20 heteroatoms. The van der Waals surface area contributed by atoms with Gasteiger partial charge in [-0.2, -0.15) is 4.98 Å². The van der Waals surface area contributed by atoms with Crippen LogP contribution in [0.2, 0.25) is 5.04 Å². The summed E-state index contributed by atoms with van der Waals surface area (Å²) in [6, 6.07) is 46.3. The molecule has 8 rings (SSSR count). The molecule has 7 aromatic rings. The van der Waals surface area contributed by atoms with Crippen LogP contribution in [0.3, 0.4) is 0 Å². The summed E-state index contributed by atoms with van der Waals surface area (Å²) in [7, 11) is -3.14. The lowest BCUT2D eigenvalue weighted by Gasteiger charge is -2.43. The quantitative estimate of drug-likeness (QED) is 0.0770. The first-order valence-electron chi connectivity index (χ1n) is 24.3. The van der Waals surface area contributed by atoms with E-state index in [2.05, 4.69) is 41.4 Å². The predicted octanol–water partition coefficient (Wildman–Crippen LogP) is 3.92. The van der Waals surface area contributed by atoms with Crippen LogP contribution in [0.5, 0.6) is 0 Å². The van der Waals surface area contributed by atoms with Crippen LogP contribution in [0, 0.1) is 0 Å². The van der Waals surface area contributed by atoms with E-state index in [1.807, 2.05) is 60.7 Å². The third-order valence-corrected chi connectivity index (χ3v) is 17.7. The smallest absolute Gasteiger partial charge is 0.351 e. The van der Waals surface area contributed by atoms with Gasteiger partial charge in [0.1, 0.15) is 18.5 Å². The minimum atomic E-state index is -3.14. The van der Waals surface area contributed by atoms with Crippen LogP contribution >= 0.6 is 0 Å². The number of benzene rings is 5. The SMILES string of the molecule is CC(C)(C)[Si](OCCN(CC(=O)NC[C@H]1O[C@@H](n2ccc(NC(=O)c3ccccc3)nc2=O)[C@H](OC(=O)c2ccccc2)[C@@H]1OC(=O)c1ccccc1)C(=O)Cn1ccc(=O)[nH]c1=O)(c1ccccc1)c1ccccc1. The number of carbonyl (C=O) groups excluding carboxylic acids is 5. The summed E-state index contributed by atoms with van der Waals surface area (Å²) >= 11 is 0. The number of amides is 3. The molecule has 1 saturated heterocycles. The minimum Gasteiger partial charge on any atom is -0.452 e. The Hall–Kier alpha value is -8.85. The molecule has 3 N–H and O–H groups in total. The standard InChI is InChI=1S/C56H55N7O12Si/c1-56(2,3)76(41-25-15-7-16-26-41,42-27-17-8-18-28-42)72-34-33-61(47(66)37-62-31-30-45(64)60-54(62)70)36-46(65)57-35-43-48(74-52(68)39-21-11-5-12-22-39)49(75-53(69)40-23-13-6-14-24-40)51(73-43)63-32-29-44(59-55(63)71)58-50(67)38-19-9-4-10-20-38/h4-32,43,48-49,51H,33-37H2,1-3H3,(H,57,65)(H,60,64,70)(H,58,59,67,71)/t43-,48-,49-,51-/m1/s1. The zero-order valence-corrected chi connectivity index (χ0v) is 42.8. The van der Waals surface area contributed by atoms with Gasteiger partial charge in [-0.25, -0.2) is 19.2 Å². The topological polar surface area (TPSA) is 239 Å². The molecular formula is C56H55N7O12Si. The number of rotatable bonds is 19. The molecule has 0 saturated carbocycles. The molecule has 0 aliphatic carbocycles. The number of ether oxygens (including phenoxy) is 3. The highest BCUT2D eigenvalue weighted by Gasteiger charge is 2.52. The van der Waals surface area contributed by atoms with Gasteiger partial charge in [-0.1, -0.05) is 136 Å². The molecule has 76 heavy (non-hydrogen) atoms. The van der Waals surface area contributed by atoms with Crippen LogP contribution in [-0.4, -0.2) is 107 Å². The molecule has 0 unspecified atom stereocenters. The zero-order chi connectivity index (χ0) is 53.8. The number of anilines is 1. The fourth-order valence-corrected chi connectivity index (χ4v) is 13.5. The van der Waals surface area contributed by atoms with Gasteiger partial charge in [-0.05, 0) is 57.9 Å². The van der Waals surface area contributed by atoms with Crippen molar-refractivity contribution in [1.82, 2.24) is 29.3 Å². The van der Waals surface area contributed by atoms with Crippen molar-refractivity contribution in [3.8, 4) is 0 Å². The molecule has 1 fully saturated rings. The van der Waals surface area contributed by atoms with Gasteiger partial charge in [-0.15, -0.1) is 0 Å². The monoisotopic (exact) mass is 1050 g/mol. The second-order valence-electron chi connectivity index (χ2n) is 18.7.